The predicted octanol–water partition coefficient (Wildman–Crippen LogP) is 1.79. The van der Waals surface area contributed by atoms with Crippen molar-refractivity contribution < 1.29 is 15.1 Å². The molecule has 0 amide bonds. The van der Waals surface area contributed by atoms with E-state index in [2.05, 4.69) is 5.16 Å². The number of hydrogen-bond acceptors (Lipinski definition) is 4. The number of aromatic hydroxyl groups is 1. The van der Waals surface area contributed by atoms with E-state index in [-0.39, 0.29) is 5.75 Å². The maximum absolute atomic E-state index is 9.45. The van der Waals surface area contributed by atoms with E-state index in [0.29, 0.717) is 17.9 Å². The second-order valence-corrected chi connectivity index (χ2v) is 3.02. The molecule has 0 fully saturated rings. The van der Waals surface area contributed by atoms with Crippen molar-refractivity contribution in [1.29, 1.82) is 0 Å². The summed E-state index contributed by atoms with van der Waals surface area (Å²) in [4.78, 5) is 0. The molecular formula is C10H13NO3. The summed E-state index contributed by atoms with van der Waals surface area (Å²) >= 11 is 0. The van der Waals surface area contributed by atoms with Gasteiger partial charge in [-0.1, -0.05) is 11.2 Å². The minimum absolute atomic E-state index is 0.0933. The molecule has 0 radical (unpaired) electrons. The van der Waals surface area contributed by atoms with E-state index in [1.165, 1.54) is 7.11 Å². The van der Waals surface area contributed by atoms with Gasteiger partial charge in [0.2, 0.25) is 0 Å². The van der Waals surface area contributed by atoms with Crippen LogP contribution in [0.25, 0.3) is 0 Å². The zero-order valence-corrected chi connectivity index (χ0v) is 8.19. The second-order valence-electron chi connectivity index (χ2n) is 3.02. The van der Waals surface area contributed by atoms with Crippen LogP contribution in [0.4, 0.5) is 0 Å². The van der Waals surface area contributed by atoms with E-state index in [1.54, 1.807) is 19.1 Å². The number of phenols is 1. The van der Waals surface area contributed by atoms with Gasteiger partial charge in [0.25, 0.3) is 0 Å². The van der Waals surface area contributed by atoms with Gasteiger partial charge in [0.1, 0.15) is 0 Å². The molecule has 0 bridgehead atoms. The van der Waals surface area contributed by atoms with Crippen molar-refractivity contribution in [2.24, 2.45) is 5.16 Å². The molecule has 0 heterocycles. The molecule has 1 rings (SSSR count). The fraction of sp³-hybridized carbons (Fsp3) is 0.300. The highest BCUT2D eigenvalue weighted by atomic mass is 16.5. The fourth-order valence-corrected chi connectivity index (χ4v) is 1.18. The molecule has 76 valence electrons. The van der Waals surface area contributed by atoms with Gasteiger partial charge in [0.05, 0.1) is 12.8 Å². The van der Waals surface area contributed by atoms with Crippen molar-refractivity contribution in [2.75, 3.05) is 7.11 Å². The third-order valence-electron chi connectivity index (χ3n) is 1.87. The van der Waals surface area contributed by atoms with Gasteiger partial charge in [-0.25, -0.2) is 0 Å². The van der Waals surface area contributed by atoms with Gasteiger partial charge in [0, 0.05) is 6.42 Å². The Morgan fingerprint density at radius 1 is 1.50 bits per heavy atom. The molecule has 0 aliphatic rings. The molecule has 0 spiro atoms. The van der Waals surface area contributed by atoms with E-state index >= 15 is 0 Å². The minimum atomic E-state index is 0.0933. The van der Waals surface area contributed by atoms with Gasteiger partial charge < -0.3 is 15.1 Å². The van der Waals surface area contributed by atoms with Crippen molar-refractivity contribution in [3.05, 3.63) is 23.8 Å². The van der Waals surface area contributed by atoms with Gasteiger partial charge in [-0.3, -0.25) is 0 Å². The SMILES string of the molecule is COc1ccc(C/C(C)=N/O)cc1O. The molecule has 4 heteroatoms. The highest BCUT2D eigenvalue weighted by molar-refractivity contribution is 5.83. The number of oxime groups is 1. The third-order valence-corrected chi connectivity index (χ3v) is 1.87. The lowest BCUT2D eigenvalue weighted by molar-refractivity contribution is 0.317. The van der Waals surface area contributed by atoms with Crippen LogP contribution in [0.2, 0.25) is 0 Å². The van der Waals surface area contributed by atoms with E-state index in [1.807, 2.05) is 6.07 Å². The number of methoxy groups -OCH3 is 1. The Balaban J connectivity index is 2.86. The van der Waals surface area contributed by atoms with Crippen molar-refractivity contribution in [2.45, 2.75) is 13.3 Å². The van der Waals surface area contributed by atoms with E-state index in [0.717, 1.165) is 5.56 Å². The molecular weight excluding hydrogens is 182 g/mol. The van der Waals surface area contributed by atoms with Gasteiger partial charge >= 0.3 is 0 Å². The monoisotopic (exact) mass is 195 g/mol. The summed E-state index contributed by atoms with van der Waals surface area (Å²) < 4.78 is 4.90. The lowest BCUT2D eigenvalue weighted by Crippen LogP contribution is -1.97. The van der Waals surface area contributed by atoms with Crippen LogP contribution in [0.5, 0.6) is 11.5 Å². The van der Waals surface area contributed by atoms with E-state index < -0.39 is 0 Å². The molecule has 0 aromatic heterocycles. The van der Waals surface area contributed by atoms with Crippen LogP contribution in [0.1, 0.15) is 12.5 Å². The Kier molecular flexibility index (Phi) is 3.34. The Hall–Kier alpha value is -1.71. The number of rotatable bonds is 3. The summed E-state index contributed by atoms with van der Waals surface area (Å²) in [7, 11) is 1.50. The lowest BCUT2D eigenvalue weighted by atomic mass is 10.1. The average molecular weight is 195 g/mol. The molecule has 0 unspecified atom stereocenters. The highest BCUT2D eigenvalue weighted by Gasteiger charge is 2.03. The third kappa shape index (κ3) is 2.39. The maximum atomic E-state index is 9.45. The number of phenolic OH excluding ortho intramolecular Hbond substituents is 1. The first kappa shape index (κ1) is 10.4. The Labute approximate surface area is 82.4 Å². The van der Waals surface area contributed by atoms with Crippen molar-refractivity contribution >= 4 is 5.71 Å². The lowest BCUT2D eigenvalue weighted by Gasteiger charge is -2.05. The molecule has 2 N–H and O–H groups in total. The topological polar surface area (TPSA) is 62.0 Å². The first-order valence-corrected chi connectivity index (χ1v) is 4.20. The smallest absolute Gasteiger partial charge is 0.160 e. The Morgan fingerprint density at radius 3 is 2.71 bits per heavy atom. The van der Waals surface area contributed by atoms with E-state index in [4.69, 9.17) is 9.94 Å². The first-order valence-electron chi connectivity index (χ1n) is 4.20. The van der Waals surface area contributed by atoms with Crippen molar-refractivity contribution in [3.63, 3.8) is 0 Å². The fourth-order valence-electron chi connectivity index (χ4n) is 1.18. The molecule has 0 aliphatic heterocycles. The number of ether oxygens (including phenoxy) is 1. The Bertz CT molecular complexity index is 347. The molecule has 0 saturated carbocycles. The van der Waals surface area contributed by atoms with Crippen molar-refractivity contribution in [3.8, 4) is 11.5 Å². The minimum Gasteiger partial charge on any atom is -0.504 e. The summed E-state index contributed by atoms with van der Waals surface area (Å²) in [6, 6.07) is 5.08. The Morgan fingerprint density at radius 2 is 2.21 bits per heavy atom. The normalized spacial score (nSPS) is 11.4. The van der Waals surface area contributed by atoms with Gasteiger partial charge in [-0.05, 0) is 24.6 Å². The molecule has 0 saturated heterocycles. The largest absolute Gasteiger partial charge is 0.504 e. The number of nitrogens with zero attached hydrogens (tertiary/aromatic N) is 1. The molecule has 0 atom stereocenters. The zero-order valence-electron chi connectivity index (χ0n) is 8.19. The van der Waals surface area contributed by atoms with Crippen LogP contribution >= 0.6 is 0 Å². The second kappa shape index (κ2) is 4.50. The van der Waals surface area contributed by atoms with Gasteiger partial charge in [-0.2, -0.15) is 0 Å². The quantitative estimate of drug-likeness (QED) is 0.439. The summed E-state index contributed by atoms with van der Waals surface area (Å²) in [5.74, 6) is 0.531. The molecule has 14 heavy (non-hydrogen) atoms. The molecule has 1 aromatic carbocycles. The van der Waals surface area contributed by atoms with Crippen LogP contribution in [0.15, 0.2) is 23.4 Å². The van der Waals surface area contributed by atoms with Crippen LogP contribution in [-0.2, 0) is 6.42 Å². The van der Waals surface area contributed by atoms with Gasteiger partial charge in [-0.15, -0.1) is 0 Å². The van der Waals surface area contributed by atoms with Crippen LogP contribution < -0.4 is 4.74 Å². The van der Waals surface area contributed by atoms with Crippen LogP contribution in [0, 0.1) is 0 Å². The van der Waals surface area contributed by atoms with Crippen LogP contribution in [-0.4, -0.2) is 23.1 Å². The standard InChI is InChI=1S/C10H13NO3/c1-7(11-13)5-8-3-4-10(14-2)9(12)6-8/h3-4,6,12-13H,5H2,1-2H3/b11-7+. The molecule has 0 aliphatic carbocycles. The highest BCUT2D eigenvalue weighted by Crippen LogP contribution is 2.26. The number of hydrogen-bond donors (Lipinski definition) is 2. The van der Waals surface area contributed by atoms with Gasteiger partial charge in [0.15, 0.2) is 11.5 Å². The maximum Gasteiger partial charge on any atom is 0.160 e. The average Bonchev–Trinajstić information content (AvgIpc) is 2.18. The number of benzene rings is 1. The van der Waals surface area contributed by atoms with Crippen molar-refractivity contribution in [1.82, 2.24) is 0 Å². The molecule has 4 nitrogen and oxygen atoms in total. The summed E-state index contributed by atoms with van der Waals surface area (Å²) in [5.41, 5.74) is 1.47. The summed E-state index contributed by atoms with van der Waals surface area (Å²) in [6.07, 6.45) is 0.508. The summed E-state index contributed by atoms with van der Waals surface area (Å²) in [5, 5.41) is 21.0. The van der Waals surface area contributed by atoms with E-state index in [9.17, 15) is 5.11 Å². The van der Waals surface area contributed by atoms with Crippen LogP contribution in [0.3, 0.4) is 0 Å². The zero-order chi connectivity index (χ0) is 10.6. The predicted molar refractivity (Wildman–Crippen MR) is 53.3 cm³/mol. The molecule has 1 aromatic rings. The summed E-state index contributed by atoms with van der Waals surface area (Å²) in [6.45, 7) is 1.71. The first-order chi connectivity index (χ1) is 6.67.